The molecule has 0 saturated heterocycles. The Kier molecular flexibility index (Phi) is 41.2. The molecule has 0 radical (unpaired) electrons. The number of rotatable bonds is 7. The van der Waals surface area contributed by atoms with Gasteiger partial charge in [0.25, 0.3) is 0 Å². The molecule has 0 fully saturated rings. The highest BCUT2D eigenvalue weighted by atomic mass is 19.1. The smallest absolute Gasteiger partial charge is 0.131 e. The SMILES string of the molecule is C.CC(C)(C)c1cc(-c2ccccc2)ccc1F.CC(C)(C)c1cc(-c2ccccc2F)ccc1F.CC(C)(C)c1ccc(-c2ccccc2)cc1.CC(C)(C)c1ccc2ccccc2c1.CC(C)(C)c1cccc(-c2ccc(C#N)cc2)c1.CC(C)(C)c1cccc(-c2ccc(F)cc2)c1.CC(C)(C)c1cccc(-c2ccccc2)c1.CC(C)(C)c1cccc2ccccc12.Cc1cccc(-c2ccc(F)c(C(C)(C)C)c2)c1. The van der Waals surface area contributed by atoms with Crippen LogP contribution in [0.3, 0.4) is 0 Å². The molecule has 0 spiro atoms. The van der Waals surface area contributed by atoms with E-state index >= 15 is 0 Å². The molecule has 6 heteroatoms. The van der Waals surface area contributed by atoms with Gasteiger partial charge in [0.15, 0.2) is 0 Å². The van der Waals surface area contributed by atoms with Crippen LogP contribution >= 0.6 is 0 Å². The van der Waals surface area contributed by atoms with Gasteiger partial charge in [-0.2, -0.15) is 5.26 Å². The van der Waals surface area contributed by atoms with Crippen molar-refractivity contribution < 1.29 is 22.0 Å². The van der Waals surface area contributed by atoms with E-state index in [2.05, 4.69) is 392 Å². The minimum Gasteiger partial charge on any atom is -0.207 e. The van der Waals surface area contributed by atoms with Gasteiger partial charge in [-0.15, -0.1) is 0 Å². The number of nitriles is 1. The highest BCUT2D eigenvalue weighted by molar-refractivity contribution is 5.87. The molecule has 0 aliphatic rings. The van der Waals surface area contributed by atoms with E-state index in [-0.39, 0.29) is 85.2 Å². The lowest BCUT2D eigenvalue weighted by atomic mass is 9.84. The van der Waals surface area contributed by atoms with E-state index in [0.717, 1.165) is 50.1 Å². The van der Waals surface area contributed by atoms with E-state index in [0.29, 0.717) is 22.3 Å². The first kappa shape index (κ1) is 118. The molecule has 770 valence electrons. The first-order valence-electron chi connectivity index (χ1n) is 51.6. The van der Waals surface area contributed by atoms with E-state index in [1.54, 1.807) is 42.5 Å². The van der Waals surface area contributed by atoms with Crippen molar-refractivity contribution in [2.75, 3.05) is 0 Å². The molecular weight excluding hydrogens is 1830 g/mol. The number of halogens is 5. The number of benzene rings is 18. The summed E-state index contributed by atoms with van der Waals surface area (Å²) in [6.45, 7) is 60.3. The standard InChI is InChI=1S/C17H19F.C17H17N.C16H16F2.2C16H17F.2C16H18.2C14H16.CH4/c1-12-6-5-7-13(10-12)14-8-9-16(18)15(11-14)17(2,3)4;1-17(2,3)16-6-4-5-15(11-16)14-9-7-13(12-18)8-10-14;1-16(2,3)13-10-11(8-9-15(13)18)12-6-4-5-7-14(12)17;1-16(2,3)14-6-4-5-13(11-14)12-7-9-15(17)10-8-12;1-16(2,3)14-11-13(9-10-15(14)17)12-7-5-4-6-8-12;1-16(2,3)15-11-7-10-14(12-15)13-8-5-4-6-9-13;1-16(2,3)15-11-9-14(10-12-15)13-7-5-4-6-8-13;1-14(2,3)13-10-6-8-11-7-4-5-9-12(11)13;1-14(2,3)13-9-8-11-6-4-5-7-12(11)10-13;/h5-11H,1-4H3;4-11H,1-3H3;4-10H,1-3H3;2*4-11H,1-3H3;2*4-12H,1-3H3;2*4-10H,1-3H3;1H4. The largest absolute Gasteiger partial charge is 0.207 e. The summed E-state index contributed by atoms with van der Waals surface area (Å²) < 4.78 is 68.0. The summed E-state index contributed by atoms with van der Waals surface area (Å²) in [6, 6.07) is 143. The Morgan fingerprint density at radius 3 is 0.852 bits per heavy atom. The van der Waals surface area contributed by atoms with Crippen LogP contribution < -0.4 is 0 Å². The van der Waals surface area contributed by atoms with E-state index in [9.17, 15) is 22.0 Å². The van der Waals surface area contributed by atoms with Crippen LogP contribution in [0.25, 0.3) is 99.4 Å². The lowest BCUT2D eigenvalue weighted by Crippen LogP contribution is -2.13. The number of hydrogen-bond donors (Lipinski definition) is 0. The first-order valence-corrected chi connectivity index (χ1v) is 51.6. The second-order valence-electron chi connectivity index (χ2n) is 47.4. The van der Waals surface area contributed by atoms with E-state index < -0.39 is 0 Å². The summed E-state index contributed by atoms with van der Waals surface area (Å²) in [5, 5.41) is 14.2. The summed E-state index contributed by atoms with van der Waals surface area (Å²) in [6.07, 6.45) is 0. The fourth-order valence-corrected chi connectivity index (χ4v) is 16.8. The molecule has 1 nitrogen and oxygen atoms in total. The minimum atomic E-state index is -0.300. The molecule has 0 N–H and O–H groups in total. The third-order valence-corrected chi connectivity index (χ3v) is 25.9. The molecule has 0 atom stereocenters. The molecule has 0 unspecified atom stereocenters. The fourth-order valence-electron chi connectivity index (χ4n) is 16.8. The van der Waals surface area contributed by atoms with Crippen molar-refractivity contribution in [1.82, 2.24) is 0 Å². The molecular formula is C143H158F5N. The van der Waals surface area contributed by atoms with Crippen LogP contribution in [-0.4, -0.2) is 0 Å². The number of nitrogens with zero attached hydrogens (tertiary/aromatic N) is 1. The van der Waals surface area contributed by atoms with Gasteiger partial charge in [0.2, 0.25) is 0 Å². The van der Waals surface area contributed by atoms with Crippen molar-refractivity contribution in [3.63, 3.8) is 0 Å². The van der Waals surface area contributed by atoms with Crippen LogP contribution in [0, 0.1) is 47.3 Å². The zero-order valence-electron chi connectivity index (χ0n) is 92.8. The van der Waals surface area contributed by atoms with Crippen molar-refractivity contribution >= 4 is 21.5 Å². The van der Waals surface area contributed by atoms with Gasteiger partial charge >= 0.3 is 0 Å². The monoisotopic (exact) mass is 1980 g/mol. The minimum absolute atomic E-state index is 0. The van der Waals surface area contributed by atoms with Gasteiger partial charge in [0, 0.05) is 5.56 Å². The lowest BCUT2D eigenvalue weighted by Gasteiger charge is -2.21. The molecule has 0 bridgehead atoms. The van der Waals surface area contributed by atoms with Crippen LogP contribution in [0.1, 0.15) is 256 Å². The highest BCUT2D eigenvalue weighted by Gasteiger charge is 2.25. The van der Waals surface area contributed by atoms with Crippen molar-refractivity contribution in [3.8, 4) is 84.0 Å². The topological polar surface area (TPSA) is 23.8 Å². The zero-order chi connectivity index (χ0) is 108. The van der Waals surface area contributed by atoms with Crippen LogP contribution in [0.15, 0.2) is 425 Å². The van der Waals surface area contributed by atoms with Crippen LogP contribution in [0.5, 0.6) is 0 Å². The van der Waals surface area contributed by atoms with Crippen LogP contribution in [-0.2, 0) is 48.7 Å². The maximum absolute atomic E-state index is 13.9. The number of hydrogen-bond acceptors (Lipinski definition) is 1. The lowest BCUT2D eigenvalue weighted by molar-refractivity contribution is 0.522. The van der Waals surface area contributed by atoms with Gasteiger partial charge in [-0.25, -0.2) is 22.0 Å². The summed E-state index contributed by atoms with van der Waals surface area (Å²) in [5.41, 5.74) is 28.1. The fraction of sp³-hybridized carbons (Fsp3) is 0.266. The molecule has 0 saturated carbocycles. The van der Waals surface area contributed by atoms with E-state index in [1.165, 1.54) is 113 Å². The van der Waals surface area contributed by atoms with Gasteiger partial charge in [-0.3, -0.25) is 0 Å². The van der Waals surface area contributed by atoms with Gasteiger partial charge in [-0.05, 0) is 266 Å². The molecule has 0 amide bonds. The predicted octanol–water partition coefficient (Wildman–Crippen LogP) is 42.3. The molecule has 0 aliphatic heterocycles. The van der Waals surface area contributed by atoms with E-state index in [4.69, 9.17) is 5.26 Å². The summed E-state index contributed by atoms with van der Waals surface area (Å²) in [5.74, 6) is -0.983. The molecule has 149 heavy (non-hydrogen) atoms. The highest BCUT2D eigenvalue weighted by Crippen LogP contribution is 2.39. The molecule has 18 aromatic rings. The van der Waals surface area contributed by atoms with Crippen LogP contribution in [0.4, 0.5) is 22.0 Å². The average Bonchev–Trinajstić information content (AvgIpc) is 0.804. The van der Waals surface area contributed by atoms with Crippen LogP contribution in [0.2, 0.25) is 0 Å². The second kappa shape index (κ2) is 52.0. The third-order valence-electron chi connectivity index (χ3n) is 25.9. The molecule has 0 aliphatic carbocycles. The first-order chi connectivity index (χ1) is 69.5. The summed E-state index contributed by atoms with van der Waals surface area (Å²) >= 11 is 0. The number of fused-ring (bicyclic) bond motifs is 2. The van der Waals surface area contributed by atoms with Crippen molar-refractivity contribution in [2.24, 2.45) is 0 Å². The molecule has 18 aromatic carbocycles. The average molecular weight is 1990 g/mol. The Morgan fingerprint density at radius 1 is 0.181 bits per heavy atom. The Hall–Kier alpha value is -14.4. The van der Waals surface area contributed by atoms with Gasteiger partial charge < -0.3 is 0 Å². The zero-order valence-corrected chi connectivity index (χ0v) is 92.8. The Morgan fingerprint density at radius 2 is 0.456 bits per heavy atom. The Balaban J connectivity index is 0.000000186. The summed E-state index contributed by atoms with van der Waals surface area (Å²) in [4.78, 5) is 0. The van der Waals surface area contributed by atoms with E-state index in [1.807, 2.05) is 165 Å². The third kappa shape index (κ3) is 35.7. The van der Waals surface area contributed by atoms with Gasteiger partial charge in [0.05, 0.1) is 11.6 Å². The van der Waals surface area contributed by atoms with Gasteiger partial charge in [-0.1, -0.05) is 558 Å². The van der Waals surface area contributed by atoms with Crippen molar-refractivity contribution in [1.29, 1.82) is 5.26 Å². The van der Waals surface area contributed by atoms with Gasteiger partial charge in [0.1, 0.15) is 29.1 Å². The van der Waals surface area contributed by atoms with Crippen molar-refractivity contribution in [2.45, 2.75) is 250 Å². The second-order valence-corrected chi connectivity index (χ2v) is 47.4. The molecule has 0 heterocycles. The Labute approximate surface area is 891 Å². The normalized spacial score (nSPS) is 11.5. The predicted molar refractivity (Wildman–Crippen MR) is 635 cm³/mol. The number of aryl methyl sites for hydroxylation is 1. The molecule has 0 aromatic heterocycles. The summed E-state index contributed by atoms with van der Waals surface area (Å²) in [7, 11) is 0. The maximum atomic E-state index is 13.9. The Bertz CT molecular complexity index is 7310. The molecule has 18 rings (SSSR count). The maximum Gasteiger partial charge on any atom is 0.131 e. The quantitative estimate of drug-likeness (QED) is 0.146. The van der Waals surface area contributed by atoms with Crippen molar-refractivity contribution in [3.05, 3.63) is 515 Å².